The molecule has 0 atom stereocenters. The van der Waals surface area contributed by atoms with E-state index >= 15 is 0 Å². The maximum absolute atomic E-state index is 13.2. The van der Waals surface area contributed by atoms with Crippen molar-refractivity contribution in [1.29, 1.82) is 0 Å². The molecule has 1 heterocycles. The average molecular weight is 734 g/mol. The van der Waals surface area contributed by atoms with Crippen LogP contribution in [0.1, 0.15) is 38.8 Å². The standard InChI is InChI=1S/C33H25BrIN3O4/c1-2-41-33(40)24-14-12-21(13-15-24)20-42-31-27(34)16-22(17-28(31)35)19-36-38-32(39)26-18-30(23-8-4-3-5-9-23)37-29-11-7-6-10-25(26)29/h3-19H,2,20H2,1H3,(H,38,39)/b36-19-. The van der Waals surface area contributed by atoms with E-state index in [1.54, 1.807) is 31.3 Å². The third kappa shape index (κ3) is 7.03. The Morgan fingerprint density at radius 1 is 0.976 bits per heavy atom. The van der Waals surface area contributed by atoms with Crippen LogP contribution in [0.2, 0.25) is 0 Å². The number of ether oxygens (including phenoxy) is 2. The molecule has 0 unspecified atom stereocenters. The Bertz CT molecular complexity index is 1750. The lowest BCUT2D eigenvalue weighted by Crippen LogP contribution is -2.18. The van der Waals surface area contributed by atoms with Crippen LogP contribution in [0, 0.1) is 3.57 Å². The van der Waals surface area contributed by atoms with Gasteiger partial charge in [0.25, 0.3) is 5.91 Å². The monoisotopic (exact) mass is 733 g/mol. The van der Waals surface area contributed by atoms with E-state index in [4.69, 9.17) is 14.5 Å². The smallest absolute Gasteiger partial charge is 0.338 e. The molecule has 0 aliphatic rings. The van der Waals surface area contributed by atoms with E-state index in [1.807, 2.05) is 78.9 Å². The van der Waals surface area contributed by atoms with Crippen molar-refractivity contribution in [2.75, 3.05) is 6.61 Å². The first-order chi connectivity index (χ1) is 20.4. The van der Waals surface area contributed by atoms with Gasteiger partial charge in [0.05, 0.1) is 43.2 Å². The molecule has 1 aromatic heterocycles. The molecule has 0 aliphatic heterocycles. The number of benzene rings is 4. The molecule has 0 saturated heterocycles. The van der Waals surface area contributed by atoms with Crippen LogP contribution < -0.4 is 10.2 Å². The maximum Gasteiger partial charge on any atom is 0.338 e. The van der Waals surface area contributed by atoms with Gasteiger partial charge in [0.15, 0.2) is 0 Å². The summed E-state index contributed by atoms with van der Waals surface area (Å²) in [5.74, 6) is 0.00874. The van der Waals surface area contributed by atoms with Crippen LogP contribution in [-0.2, 0) is 11.3 Å². The van der Waals surface area contributed by atoms with Crippen LogP contribution in [0.4, 0.5) is 0 Å². The van der Waals surface area contributed by atoms with Gasteiger partial charge in [0, 0.05) is 10.9 Å². The van der Waals surface area contributed by atoms with Gasteiger partial charge in [-0.3, -0.25) is 4.79 Å². The molecular formula is C33H25BrIN3O4. The number of amides is 1. The molecule has 4 aromatic carbocycles. The van der Waals surface area contributed by atoms with Gasteiger partial charge in [-0.25, -0.2) is 15.2 Å². The molecular weight excluding hydrogens is 709 g/mol. The number of nitrogens with zero attached hydrogens (tertiary/aromatic N) is 2. The number of hydrogen-bond acceptors (Lipinski definition) is 6. The molecule has 0 radical (unpaired) electrons. The molecule has 5 rings (SSSR count). The summed E-state index contributed by atoms with van der Waals surface area (Å²) in [4.78, 5) is 29.8. The zero-order valence-electron chi connectivity index (χ0n) is 22.5. The molecule has 0 bridgehead atoms. The number of nitrogens with one attached hydrogen (secondary N) is 1. The first kappa shape index (κ1) is 29.4. The average Bonchev–Trinajstić information content (AvgIpc) is 3.01. The van der Waals surface area contributed by atoms with Gasteiger partial charge in [0.1, 0.15) is 12.4 Å². The summed E-state index contributed by atoms with van der Waals surface area (Å²) < 4.78 is 12.7. The highest BCUT2D eigenvalue weighted by Crippen LogP contribution is 2.32. The summed E-state index contributed by atoms with van der Waals surface area (Å²) in [5, 5.41) is 4.97. The fourth-order valence-electron chi connectivity index (χ4n) is 4.24. The molecule has 7 nitrogen and oxygen atoms in total. The zero-order chi connectivity index (χ0) is 29.5. The Hall–Kier alpha value is -4.09. The van der Waals surface area contributed by atoms with Crippen molar-refractivity contribution < 1.29 is 19.1 Å². The van der Waals surface area contributed by atoms with E-state index in [1.165, 1.54) is 0 Å². The highest BCUT2D eigenvalue weighted by atomic mass is 127. The SMILES string of the molecule is CCOC(=O)c1ccc(COc2c(Br)cc(/C=N\NC(=O)c3cc(-c4ccccc4)nc4ccccc34)cc2I)cc1. The maximum atomic E-state index is 13.2. The molecule has 0 spiro atoms. The van der Waals surface area contributed by atoms with Gasteiger partial charge in [0.2, 0.25) is 0 Å². The highest BCUT2D eigenvalue weighted by molar-refractivity contribution is 14.1. The first-order valence-corrected chi connectivity index (χ1v) is 15.0. The summed E-state index contributed by atoms with van der Waals surface area (Å²) in [7, 11) is 0. The van der Waals surface area contributed by atoms with E-state index in [0.717, 1.165) is 35.6 Å². The fourth-order valence-corrected chi connectivity index (χ4v) is 6.01. The van der Waals surface area contributed by atoms with Crippen LogP contribution in [0.5, 0.6) is 5.75 Å². The lowest BCUT2D eigenvalue weighted by Gasteiger charge is -2.12. The van der Waals surface area contributed by atoms with Crippen molar-refractivity contribution in [2.45, 2.75) is 13.5 Å². The Morgan fingerprint density at radius 2 is 1.71 bits per heavy atom. The predicted molar refractivity (Wildman–Crippen MR) is 176 cm³/mol. The molecule has 1 amide bonds. The van der Waals surface area contributed by atoms with Crippen molar-refractivity contribution in [2.24, 2.45) is 5.10 Å². The Balaban J connectivity index is 1.27. The van der Waals surface area contributed by atoms with Crippen LogP contribution >= 0.6 is 38.5 Å². The number of hydrogen-bond donors (Lipinski definition) is 1. The quantitative estimate of drug-likeness (QED) is 0.0724. The topological polar surface area (TPSA) is 89.9 Å². The van der Waals surface area contributed by atoms with Crippen LogP contribution in [0.25, 0.3) is 22.2 Å². The summed E-state index contributed by atoms with van der Waals surface area (Å²) in [6, 6.07) is 30.0. The van der Waals surface area contributed by atoms with Crippen molar-refractivity contribution in [1.82, 2.24) is 10.4 Å². The molecule has 210 valence electrons. The molecule has 0 saturated carbocycles. The number of rotatable bonds is 9. The second-order valence-electron chi connectivity index (χ2n) is 9.16. The lowest BCUT2D eigenvalue weighted by atomic mass is 10.0. The van der Waals surface area contributed by atoms with E-state index in [9.17, 15) is 9.59 Å². The minimum absolute atomic E-state index is 0.325. The van der Waals surface area contributed by atoms with Gasteiger partial charge in [-0.15, -0.1) is 0 Å². The fraction of sp³-hybridized carbons (Fsp3) is 0.0909. The van der Waals surface area contributed by atoms with Gasteiger partial charge >= 0.3 is 5.97 Å². The van der Waals surface area contributed by atoms with Crippen molar-refractivity contribution >= 4 is 67.5 Å². The van der Waals surface area contributed by atoms with Crippen LogP contribution in [-0.4, -0.2) is 29.7 Å². The number of carbonyl (C=O) groups is 2. The molecule has 42 heavy (non-hydrogen) atoms. The van der Waals surface area contributed by atoms with Crippen LogP contribution in [0.15, 0.2) is 107 Å². The second-order valence-corrected chi connectivity index (χ2v) is 11.2. The number of aromatic nitrogens is 1. The van der Waals surface area contributed by atoms with Crippen molar-refractivity contribution in [3.8, 4) is 17.0 Å². The number of esters is 1. The van der Waals surface area contributed by atoms with E-state index < -0.39 is 0 Å². The minimum atomic E-state index is -0.346. The molecule has 9 heteroatoms. The van der Waals surface area contributed by atoms with Gasteiger partial charge in [-0.1, -0.05) is 60.7 Å². The third-order valence-electron chi connectivity index (χ3n) is 6.28. The van der Waals surface area contributed by atoms with Gasteiger partial charge in [-0.05, 0) is 93.0 Å². The number of halogens is 2. The van der Waals surface area contributed by atoms with Crippen molar-refractivity contribution in [3.05, 3.63) is 127 Å². The Morgan fingerprint density at radius 3 is 2.45 bits per heavy atom. The summed E-state index contributed by atoms with van der Waals surface area (Å²) in [5.41, 5.74) is 7.72. The predicted octanol–water partition coefficient (Wildman–Crippen LogP) is 7.79. The normalized spacial score (nSPS) is 11.0. The highest BCUT2D eigenvalue weighted by Gasteiger charge is 2.14. The van der Waals surface area contributed by atoms with Crippen LogP contribution in [0.3, 0.4) is 0 Å². The van der Waals surface area contributed by atoms with E-state index in [2.05, 4.69) is 49.0 Å². The van der Waals surface area contributed by atoms with E-state index in [0.29, 0.717) is 35.8 Å². The van der Waals surface area contributed by atoms with Crippen molar-refractivity contribution in [3.63, 3.8) is 0 Å². The number of para-hydroxylation sites is 1. The Labute approximate surface area is 265 Å². The minimum Gasteiger partial charge on any atom is -0.487 e. The number of pyridine rings is 1. The Kier molecular flexibility index (Phi) is 9.60. The largest absolute Gasteiger partial charge is 0.487 e. The summed E-state index contributed by atoms with van der Waals surface area (Å²) in [6.45, 7) is 2.44. The summed E-state index contributed by atoms with van der Waals surface area (Å²) >= 11 is 5.79. The summed E-state index contributed by atoms with van der Waals surface area (Å²) in [6.07, 6.45) is 1.59. The van der Waals surface area contributed by atoms with E-state index in [-0.39, 0.29) is 11.9 Å². The lowest BCUT2D eigenvalue weighted by molar-refractivity contribution is 0.0526. The molecule has 5 aromatic rings. The van der Waals surface area contributed by atoms with Gasteiger partial charge in [-0.2, -0.15) is 5.10 Å². The molecule has 0 aliphatic carbocycles. The molecule has 0 fully saturated rings. The molecule has 1 N–H and O–H groups in total. The second kappa shape index (κ2) is 13.7. The zero-order valence-corrected chi connectivity index (χ0v) is 26.3. The first-order valence-electron chi connectivity index (χ1n) is 13.1. The third-order valence-corrected chi connectivity index (χ3v) is 7.67. The number of fused-ring (bicyclic) bond motifs is 1. The van der Waals surface area contributed by atoms with Gasteiger partial charge < -0.3 is 9.47 Å². The number of carbonyl (C=O) groups excluding carboxylic acids is 2. The number of hydrazone groups is 1.